The lowest BCUT2D eigenvalue weighted by molar-refractivity contribution is -0.115. The highest BCUT2D eigenvalue weighted by Crippen LogP contribution is 2.20. The fourth-order valence-corrected chi connectivity index (χ4v) is 2.57. The molecular weight excluding hydrogens is 311 g/mol. The van der Waals surface area contributed by atoms with Crippen molar-refractivity contribution in [3.63, 3.8) is 0 Å². The van der Waals surface area contributed by atoms with Gasteiger partial charge in [0.05, 0.1) is 5.25 Å². The molecule has 116 valence electrons. The minimum Gasteiger partial charge on any atom is -0.325 e. The molecule has 2 aromatic carbocycles. The van der Waals surface area contributed by atoms with Gasteiger partial charge in [-0.3, -0.25) is 4.79 Å². The molecule has 22 heavy (non-hydrogen) atoms. The van der Waals surface area contributed by atoms with Gasteiger partial charge in [-0.05, 0) is 36.8 Å². The first-order valence-electron chi connectivity index (χ1n) is 6.57. The number of rotatable bonds is 5. The van der Waals surface area contributed by atoms with Gasteiger partial charge in [0.25, 0.3) is 0 Å². The maximum atomic E-state index is 13.1. The van der Waals surface area contributed by atoms with Crippen LogP contribution in [0.15, 0.2) is 42.5 Å². The summed E-state index contributed by atoms with van der Waals surface area (Å²) >= 11 is 1.33. The summed E-state index contributed by atoms with van der Waals surface area (Å²) in [5.41, 5.74) is 0.972. The van der Waals surface area contributed by atoms with Gasteiger partial charge in [0.1, 0.15) is 5.82 Å². The average molecular weight is 325 g/mol. The molecule has 6 heteroatoms. The van der Waals surface area contributed by atoms with E-state index in [4.69, 9.17) is 0 Å². The lowest BCUT2D eigenvalue weighted by Gasteiger charge is -2.12. The largest absolute Gasteiger partial charge is 0.325 e. The van der Waals surface area contributed by atoms with Gasteiger partial charge < -0.3 is 5.32 Å². The Morgan fingerprint density at radius 1 is 1.14 bits per heavy atom. The van der Waals surface area contributed by atoms with E-state index in [1.807, 2.05) is 0 Å². The summed E-state index contributed by atoms with van der Waals surface area (Å²) in [7, 11) is 0. The predicted molar refractivity (Wildman–Crippen MR) is 82.1 cm³/mol. The highest BCUT2D eigenvalue weighted by atomic mass is 32.2. The molecule has 1 unspecified atom stereocenters. The Morgan fingerprint density at radius 2 is 1.91 bits per heavy atom. The number of hydrogen-bond donors (Lipinski definition) is 1. The maximum absolute atomic E-state index is 13.1. The van der Waals surface area contributed by atoms with Gasteiger partial charge >= 0.3 is 0 Å². The number of anilines is 1. The number of carbonyl (C=O) groups is 1. The number of hydrogen-bond acceptors (Lipinski definition) is 2. The SMILES string of the molecule is CC(SCc1cccc(F)c1)C(=O)Nc1ccc(F)c(F)c1. The van der Waals surface area contributed by atoms with Gasteiger partial charge in [0.15, 0.2) is 11.6 Å². The van der Waals surface area contributed by atoms with Crippen LogP contribution < -0.4 is 5.32 Å². The van der Waals surface area contributed by atoms with E-state index in [0.717, 1.165) is 17.7 Å². The Kier molecular flexibility index (Phi) is 5.49. The molecule has 0 heterocycles. The van der Waals surface area contributed by atoms with Crippen molar-refractivity contribution < 1.29 is 18.0 Å². The summed E-state index contributed by atoms with van der Waals surface area (Å²) in [5.74, 6) is -2.15. The van der Waals surface area contributed by atoms with Crippen molar-refractivity contribution in [2.75, 3.05) is 5.32 Å². The van der Waals surface area contributed by atoms with Crippen LogP contribution in [0, 0.1) is 17.5 Å². The van der Waals surface area contributed by atoms with Crippen LogP contribution in [0.5, 0.6) is 0 Å². The fourth-order valence-electron chi connectivity index (χ4n) is 1.74. The van der Waals surface area contributed by atoms with E-state index in [9.17, 15) is 18.0 Å². The third kappa shape index (κ3) is 4.53. The third-order valence-corrected chi connectivity index (χ3v) is 4.16. The van der Waals surface area contributed by atoms with E-state index in [-0.39, 0.29) is 17.4 Å². The standard InChI is InChI=1S/C16H14F3NOS/c1-10(22-9-11-3-2-4-12(17)7-11)16(21)20-13-5-6-14(18)15(19)8-13/h2-8,10H,9H2,1H3,(H,20,21). The minimum absolute atomic E-state index is 0.196. The summed E-state index contributed by atoms with van der Waals surface area (Å²) < 4.78 is 38.9. The van der Waals surface area contributed by atoms with Crippen molar-refractivity contribution in [1.82, 2.24) is 0 Å². The highest BCUT2D eigenvalue weighted by molar-refractivity contribution is 7.99. The van der Waals surface area contributed by atoms with Crippen LogP contribution in [-0.2, 0) is 10.5 Å². The number of amides is 1. The van der Waals surface area contributed by atoms with Crippen molar-refractivity contribution in [1.29, 1.82) is 0 Å². The van der Waals surface area contributed by atoms with Gasteiger partial charge in [-0.1, -0.05) is 12.1 Å². The molecule has 1 amide bonds. The van der Waals surface area contributed by atoms with Crippen LogP contribution in [0.2, 0.25) is 0 Å². The van der Waals surface area contributed by atoms with Gasteiger partial charge in [0, 0.05) is 17.5 Å². The van der Waals surface area contributed by atoms with Crippen molar-refractivity contribution in [3.05, 3.63) is 65.5 Å². The monoisotopic (exact) mass is 325 g/mol. The quantitative estimate of drug-likeness (QED) is 0.885. The first kappa shape index (κ1) is 16.4. The molecule has 1 N–H and O–H groups in total. The number of nitrogens with one attached hydrogen (secondary N) is 1. The summed E-state index contributed by atoms with van der Waals surface area (Å²) in [5, 5.41) is 2.10. The summed E-state index contributed by atoms with van der Waals surface area (Å²) in [6, 6.07) is 9.32. The van der Waals surface area contributed by atoms with Gasteiger partial charge in [-0.25, -0.2) is 13.2 Å². The second-order valence-corrected chi connectivity index (χ2v) is 6.03. The molecule has 0 fully saturated rings. The molecule has 0 aliphatic carbocycles. The molecular formula is C16H14F3NOS. The van der Waals surface area contributed by atoms with Crippen LogP contribution in [-0.4, -0.2) is 11.2 Å². The Labute approximate surface area is 130 Å². The summed E-state index contributed by atoms with van der Waals surface area (Å²) in [6.45, 7) is 1.69. The number of halogens is 3. The topological polar surface area (TPSA) is 29.1 Å². The van der Waals surface area contributed by atoms with Crippen LogP contribution in [0.3, 0.4) is 0 Å². The van der Waals surface area contributed by atoms with E-state index >= 15 is 0 Å². The van der Waals surface area contributed by atoms with Crippen LogP contribution >= 0.6 is 11.8 Å². The average Bonchev–Trinajstić information content (AvgIpc) is 2.48. The Morgan fingerprint density at radius 3 is 2.59 bits per heavy atom. The minimum atomic E-state index is -1.02. The van der Waals surface area contributed by atoms with Crippen molar-refractivity contribution in [2.24, 2.45) is 0 Å². The maximum Gasteiger partial charge on any atom is 0.237 e. The third-order valence-electron chi connectivity index (χ3n) is 2.95. The lowest BCUT2D eigenvalue weighted by atomic mass is 10.2. The van der Waals surface area contributed by atoms with E-state index in [1.165, 1.54) is 30.0 Å². The van der Waals surface area contributed by atoms with E-state index < -0.39 is 16.9 Å². The molecule has 0 aromatic heterocycles. The Hall–Kier alpha value is -1.95. The van der Waals surface area contributed by atoms with Crippen LogP contribution in [0.4, 0.5) is 18.9 Å². The molecule has 0 radical (unpaired) electrons. The molecule has 0 aliphatic heterocycles. The molecule has 0 bridgehead atoms. The molecule has 0 saturated heterocycles. The molecule has 2 aromatic rings. The van der Waals surface area contributed by atoms with Crippen molar-refractivity contribution in [2.45, 2.75) is 17.9 Å². The first-order chi connectivity index (χ1) is 10.5. The highest BCUT2D eigenvalue weighted by Gasteiger charge is 2.14. The van der Waals surface area contributed by atoms with Gasteiger partial charge in [-0.15, -0.1) is 11.8 Å². The molecule has 2 nitrogen and oxygen atoms in total. The molecule has 2 rings (SSSR count). The zero-order chi connectivity index (χ0) is 16.1. The Bertz CT molecular complexity index is 678. The zero-order valence-corrected chi connectivity index (χ0v) is 12.6. The van der Waals surface area contributed by atoms with E-state index in [2.05, 4.69) is 5.32 Å². The van der Waals surface area contributed by atoms with E-state index in [0.29, 0.717) is 5.75 Å². The molecule has 0 spiro atoms. The lowest BCUT2D eigenvalue weighted by Crippen LogP contribution is -2.22. The first-order valence-corrected chi connectivity index (χ1v) is 7.62. The van der Waals surface area contributed by atoms with Gasteiger partial charge in [0.2, 0.25) is 5.91 Å². The predicted octanol–water partition coefficient (Wildman–Crippen LogP) is 4.36. The van der Waals surface area contributed by atoms with Crippen LogP contribution in [0.1, 0.15) is 12.5 Å². The van der Waals surface area contributed by atoms with Crippen molar-refractivity contribution in [3.8, 4) is 0 Å². The number of benzene rings is 2. The van der Waals surface area contributed by atoms with Crippen molar-refractivity contribution >= 4 is 23.4 Å². The summed E-state index contributed by atoms with van der Waals surface area (Å²) in [4.78, 5) is 12.0. The van der Waals surface area contributed by atoms with E-state index in [1.54, 1.807) is 19.1 Å². The summed E-state index contributed by atoms with van der Waals surface area (Å²) in [6.07, 6.45) is 0. The molecule has 1 atom stereocenters. The molecule has 0 aliphatic rings. The van der Waals surface area contributed by atoms with Crippen LogP contribution in [0.25, 0.3) is 0 Å². The number of thioether (sulfide) groups is 1. The smallest absolute Gasteiger partial charge is 0.237 e. The second kappa shape index (κ2) is 7.35. The fraction of sp³-hybridized carbons (Fsp3) is 0.188. The number of carbonyl (C=O) groups excluding carboxylic acids is 1. The second-order valence-electron chi connectivity index (χ2n) is 4.70. The Balaban J connectivity index is 1.90. The zero-order valence-electron chi connectivity index (χ0n) is 11.8. The van der Waals surface area contributed by atoms with Gasteiger partial charge in [-0.2, -0.15) is 0 Å². The normalized spacial score (nSPS) is 12.0. The molecule has 0 saturated carbocycles.